The molecule has 0 radical (unpaired) electrons. The molecule has 4 heteroatoms. The molecular weight excluding hydrogens is 693 g/mol. The second-order valence-corrected chi connectivity index (χ2v) is 14.7. The fourth-order valence-corrected chi connectivity index (χ4v) is 9.42. The summed E-state index contributed by atoms with van der Waals surface area (Å²) in [6.45, 7) is 7.49. The Bertz CT molecular complexity index is 3190. The highest BCUT2D eigenvalue weighted by Crippen LogP contribution is 2.64. The van der Waals surface area contributed by atoms with E-state index in [-0.39, 0.29) is 0 Å². The van der Waals surface area contributed by atoms with Crippen LogP contribution >= 0.6 is 0 Å². The van der Waals surface area contributed by atoms with Crippen molar-refractivity contribution >= 4 is 16.6 Å². The van der Waals surface area contributed by atoms with Gasteiger partial charge in [0, 0.05) is 6.20 Å². The molecule has 0 fully saturated rings. The number of pyridine rings is 2. The SMILES string of the molecule is [C-]#[N+]c1cc(-c2cccc(-c3ccc4c(c3)C3(c5ccccc5-c5ccccc53)c3c-4ccc4cc(-c5cccc(-c6ccnc(C#N)c6)c5)ccc34)c2)ccn1. The van der Waals surface area contributed by atoms with Crippen molar-refractivity contribution in [1.82, 2.24) is 9.97 Å². The van der Waals surface area contributed by atoms with E-state index < -0.39 is 5.41 Å². The molecule has 0 amide bonds. The largest absolute Gasteiger partial charge is 0.361 e. The summed E-state index contributed by atoms with van der Waals surface area (Å²) in [7, 11) is 0. The lowest BCUT2D eigenvalue weighted by molar-refractivity contribution is 0.801. The van der Waals surface area contributed by atoms with Gasteiger partial charge < -0.3 is 4.85 Å². The van der Waals surface area contributed by atoms with Gasteiger partial charge in [-0.05, 0) is 148 Å². The molecule has 4 nitrogen and oxygen atoms in total. The predicted octanol–water partition coefficient (Wildman–Crippen LogP) is 13.1. The van der Waals surface area contributed by atoms with E-state index in [0.717, 1.165) is 44.5 Å². The van der Waals surface area contributed by atoms with Crippen LogP contribution in [0.15, 0.2) is 182 Å². The maximum absolute atomic E-state index is 9.46. The van der Waals surface area contributed by atoms with Crippen LogP contribution in [-0.4, -0.2) is 9.97 Å². The van der Waals surface area contributed by atoms with Crippen LogP contribution in [0.5, 0.6) is 0 Å². The normalized spacial score (nSPS) is 12.7. The Morgan fingerprint density at radius 1 is 0.456 bits per heavy atom. The van der Waals surface area contributed by atoms with Gasteiger partial charge in [-0.15, -0.1) is 4.98 Å². The Morgan fingerprint density at radius 3 is 1.67 bits per heavy atom. The molecule has 2 aromatic heterocycles. The number of hydrogen-bond acceptors (Lipinski definition) is 3. The number of hydrogen-bond donors (Lipinski definition) is 0. The minimum atomic E-state index is -0.526. The monoisotopic (exact) mass is 722 g/mol. The Kier molecular flexibility index (Phi) is 7.17. The maximum Gasteiger partial charge on any atom is 0.270 e. The maximum atomic E-state index is 9.46. The van der Waals surface area contributed by atoms with Crippen LogP contribution in [0.2, 0.25) is 0 Å². The molecule has 57 heavy (non-hydrogen) atoms. The van der Waals surface area contributed by atoms with Crippen molar-refractivity contribution in [1.29, 1.82) is 5.26 Å². The van der Waals surface area contributed by atoms with Gasteiger partial charge in [-0.2, -0.15) is 5.26 Å². The smallest absolute Gasteiger partial charge is 0.270 e. The van der Waals surface area contributed by atoms with Gasteiger partial charge >= 0.3 is 0 Å². The van der Waals surface area contributed by atoms with Gasteiger partial charge in [0.05, 0.1) is 5.41 Å². The van der Waals surface area contributed by atoms with E-state index in [2.05, 4.69) is 166 Å². The van der Waals surface area contributed by atoms with E-state index >= 15 is 0 Å². The van der Waals surface area contributed by atoms with Crippen molar-refractivity contribution in [3.05, 3.63) is 222 Å². The number of benzene rings is 7. The van der Waals surface area contributed by atoms with Crippen LogP contribution in [0.3, 0.4) is 0 Å². The van der Waals surface area contributed by atoms with Gasteiger partial charge in [-0.1, -0.05) is 128 Å². The highest BCUT2D eigenvalue weighted by atomic mass is 14.8. The Balaban J connectivity index is 1.11. The lowest BCUT2D eigenvalue weighted by atomic mass is 9.69. The number of rotatable bonds is 4. The molecule has 11 rings (SSSR count). The number of aromatic nitrogens is 2. The Morgan fingerprint density at radius 2 is 1.00 bits per heavy atom. The average molecular weight is 723 g/mol. The van der Waals surface area contributed by atoms with Crippen LogP contribution in [0.4, 0.5) is 5.82 Å². The van der Waals surface area contributed by atoms with Crippen molar-refractivity contribution in [2.75, 3.05) is 0 Å². The zero-order valence-corrected chi connectivity index (χ0v) is 30.6. The quantitative estimate of drug-likeness (QED) is 0.170. The lowest BCUT2D eigenvalue weighted by Gasteiger charge is -2.31. The summed E-state index contributed by atoms with van der Waals surface area (Å²) in [5.41, 5.74) is 18.7. The van der Waals surface area contributed by atoms with Crippen LogP contribution in [0.25, 0.3) is 82.4 Å². The van der Waals surface area contributed by atoms with E-state index in [1.54, 1.807) is 12.4 Å². The molecule has 1 spiro atoms. The zero-order chi connectivity index (χ0) is 38.1. The van der Waals surface area contributed by atoms with Gasteiger partial charge in [-0.25, -0.2) is 4.98 Å². The second-order valence-electron chi connectivity index (χ2n) is 14.7. The first kappa shape index (κ1) is 32.5. The Hall–Kier alpha value is -7.92. The van der Waals surface area contributed by atoms with E-state index in [4.69, 9.17) is 6.57 Å². The Labute approximate surface area is 330 Å². The van der Waals surface area contributed by atoms with E-state index in [9.17, 15) is 5.26 Å². The molecule has 0 saturated carbocycles. The van der Waals surface area contributed by atoms with E-state index in [1.807, 2.05) is 24.3 Å². The molecule has 0 bridgehead atoms. The van der Waals surface area contributed by atoms with Crippen LogP contribution in [-0.2, 0) is 5.41 Å². The third-order valence-electron chi connectivity index (χ3n) is 11.9. The summed E-state index contributed by atoms with van der Waals surface area (Å²) in [5, 5.41) is 11.9. The highest BCUT2D eigenvalue weighted by molar-refractivity contribution is 6.05. The van der Waals surface area contributed by atoms with Crippen LogP contribution in [0, 0.1) is 17.9 Å². The zero-order valence-electron chi connectivity index (χ0n) is 30.6. The number of nitriles is 1. The van der Waals surface area contributed by atoms with E-state index in [0.29, 0.717) is 11.5 Å². The van der Waals surface area contributed by atoms with Crippen LogP contribution in [0.1, 0.15) is 27.9 Å². The fourth-order valence-electron chi connectivity index (χ4n) is 9.42. The molecule has 262 valence electrons. The third kappa shape index (κ3) is 4.85. The summed E-state index contributed by atoms with van der Waals surface area (Å²) in [5.74, 6) is 0.390. The van der Waals surface area contributed by atoms with Gasteiger partial charge in [-0.3, -0.25) is 0 Å². The molecule has 2 aliphatic carbocycles. The van der Waals surface area contributed by atoms with Gasteiger partial charge in [0.2, 0.25) is 0 Å². The minimum absolute atomic E-state index is 0.390. The molecular formula is C53H30N4. The topological polar surface area (TPSA) is 53.9 Å². The molecule has 9 aromatic rings. The van der Waals surface area contributed by atoms with Crippen LogP contribution < -0.4 is 0 Å². The first-order valence-corrected chi connectivity index (χ1v) is 19.0. The fraction of sp³-hybridized carbons (Fsp3) is 0.0189. The van der Waals surface area contributed by atoms with Crippen molar-refractivity contribution in [2.24, 2.45) is 0 Å². The third-order valence-corrected chi connectivity index (χ3v) is 11.9. The molecule has 0 atom stereocenters. The minimum Gasteiger partial charge on any atom is -0.361 e. The first-order valence-electron chi connectivity index (χ1n) is 19.0. The molecule has 0 N–H and O–H groups in total. The van der Waals surface area contributed by atoms with Crippen molar-refractivity contribution in [3.8, 4) is 72.8 Å². The molecule has 0 unspecified atom stereocenters. The molecule has 0 aliphatic heterocycles. The average Bonchev–Trinajstić information content (AvgIpc) is 3.76. The predicted molar refractivity (Wildman–Crippen MR) is 229 cm³/mol. The summed E-state index contributed by atoms with van der Waals surface area (Å²) in [4.78, 5) is 11.9. The van der Waals surface area contributed by atoms with E-state index in [1.165, 1.54) is 55.3 Å². The second kappa shape index (κ2) is 12.6. The highest BCUT2D eigenvalue weighted by Gasteiger charge is 2.52. The summed E-state index contributed by atoms with van der Waals surface area (Å²) < 4.78 is 0. The van der Waals surface area contributed by atoms with Gasteiger partial charge in [0.25, 0.3) is 5.82 Å². The van der Waals surface area contributed by atoms with Crippen molar-refractivity contribution < 1.29 is 0 Å². The van der Waals surface area contributed by atoms with Crippen molar-refractivity contribution in [2.45, 2.75) is 5.41 Å². The summed E-state index contributed by atoms with van der Waals surface area (Å²) in [6.07, 6.45) is 3.40. The molecule has 7 aromatic carbocycles. The lowest BCUT2D eigenvalue weighted by Crippen LogP contribution is -2.26. The first-order chi connectivity index (χ1) is 28.1. The molecule has 2 heterocycles. The van der Waals surface area contributed by atoms with Gasteiger partial charge in [0.15, 0.2) is 0 Å². The summed E-state index contributed by atoms with van der Waals surface area (Å²) in [6, 6.07) is 63.3. The number of nitrogens with zero attached hydrogens (tertiary/aromatic N) is 4. The molecule has 0 saturated heterocycles. The van der Waals surface area contributed by atoms with Crippen molar-refractivity contribution in [3.63, 3.8) is 0 Å². The number of fused-ring (bicyclic) bond motifs is 12. The molecule has 2 aliphatic rings. The standard InChI is InChI=1S/C53H30N4/c1-55-51-31-40(23-25-57-51)36-11-7-9-34(27-36)38-17-20-46-47-21-18-41-28-37(33-8-6-10-35(26-33)39-22-24-56-42(29-39)32-54)16-19-43(41)52(47)53(50(46)30-38)48-14-4-2-12-44(48)45-13-3-5-15-49(45)53/h2-31H. The van der Waals surface area contributed by atoms with Gasteiger partial charge in [0.1, 0.15) is 18.0 Å². The summed E-state index contributed by atoms with van der Waals surface area (Å²) >= 11 is 0.